The maximum atomic E-state index is 13.1. The molecule has 4 rings (SSSR count). The summed E-state index contributed by atoms with van der Waals surface area (Å²) in [6.45, 7) is 2.30. The van der Waals surface area contributed by atoms with E-state index in [1.165, 1.54) is 12.1 Å². The summed E-state index contributed by atoms with van der Waals surface area (Å²) >= 11 is 0. The summed E-state index contributed by atoms with van der Waals surface area (Å²) in [6, 6.07) is 12.3. The average molecular weight is 369 g/mol. The Kier molecular flexibility index (Phi) is 4.40. The molecule has 5 nitrogen and oxygen atoms in total. The topological polar surface area (TPSA) is 50.4 Å². The van der Waals surface area contributed by atoms with Crippen molar-refractivity contribution in [2.45, 2.75) is 25.0 Å². The summed E-state index contributed by atoms with van der Waals surface area (Å²) in [6.07, 6.45) is 1.23. The van der Waals surface area contributed by atoms with Gasteiger partial charge in [0.25, 0.3) is 0 Å². The number of hydrogen-bond donors (Lipinski definition) is 1. The number of aromatic nitrogens is 2. The van der Waals surface area contributed by atoms with Gasteiger partial charge < -0.3 is 5.11 Å². The molecule has 0 spiro atoms. The van der Waals surface area contributed by atoms with Gasteiger partial charge in [-0.3, -0.25) is 14.0 Å². The number of aliphatic hydroxyl groups is 1. The number of imidazole rings is 1. The molecule has 1 aliphatic rings. The van der Waals surface area contributed by atoms with Gasteiger partial charge >= 0.3 is 5.69 Å². The quantitative estimate of drug-likeness (QED) is 0.772. The number of benzene rings is 2. The third-order valence-corrected chi connectivity index (χ3v) is 5.81. The fourth-order valence-electron chi connectivity index (χ4n) is 4.04. The minimum absolute atomic E-state index is 0.0236. The second-order valence-corrected chi connectivity index (χ2v) is 7.54. The van der Waals surface area contributed by atoms with Crippen LogP contribution in [0.1, 0.15) is 24.0 Å². The van der Waals surface area contributed by atoms with Crippen molar-refractivity contribution in [2.75, 3.05) is 13.1 Å². The van der Waals surface area contributed by atoms with E-state index >= 15 is 0 Å². The van der Waals surface area contributed by atoms with E-state index in [0.717, 1.165) is 41.8 Å². The van der Waals surface area contributed by atoms with Gasteiger partial charge in [0.2, 0.25) is 0 Å². The first-order valence-corrected chi connectivity index (χ1v) is 9.22. The van der Waals surface area contributed by atoms with Crippen LogP contribution in [0.15, 0.2) is 47.3 Å². The summed E-state index contributed by atoms with van der Waals surface area (Å²) < 4.78 is 16.5. The summed E-state index contributed by atoms with van der Waals surface area (Å²) in [5.41, 5.74) is 2.87. The van der Waals surface area contributed by atoms with Crippen molar-refractivity contribution < 1.29 is 9.50 Å². The summed E-state index contributed by atoms with van der Waals surface area (Å²) in [4.78, 5) is 14.4. The molecule has 6 heteroatoms. The van der Waals surface area contributed by atoms with Crippen LogP contribution in [-0.2, 0) is 26.2 Å². The molecule has 0 bridgehead atoms. The second-order valence-electron chi connectivity index (χ2n) is 7.54. The van der Waals surface area contributed by atoms with E-state index in [0.29, 0.717) is 12.8 Å². The first-order valence-electron chi connectivity index (χ1n) is 9.22. The van der Waals surface area contributed by atoms with Gasteiger partial charge in [-0.05, 0) is 48.2 Å². The Balaban J connectivity index is 1.48. The molecule has 0 amide bonds. The molecule has 0 unspecified atom stereocenters. The number of piperidine rings is 1. The van der Waals surface area contributed by atoms with Crippen LogP contribution < -0.4 is 5.69 Å². The van der Waals surface area contributed by atoms with Crippen molar-refractivity contribution in [3.8, 4) is 0 Å². The molecule has 1 fully saturated rings. The fourth-order valence-corrected chi connectivity index (χ4v) is 4.04. The van der Waals surface area contributed by atoms with Crippen LogP contribution in [0, 0.1) is 5.82 Å². The van der Waals surface area contributed by atoms with Gasteiger partial charge in [0.15, 0.2) is 0 Å². The maximum Gasteiger partial charge on any atom is 0.328 e. The van der Waals surface area contributed by atoms with Gasteiger partial charge in [-0.25, -0.2) is 9.18 Å². The molecule has 0 atom stereocenters. The van der Waals surface area contributed by atoms with Gasteiger partial charge in [-0.1, -0.05) is 18.2 Å². The lowest BCUT2D eigenvalue weighted by molar-refractivity contribution is -0.0277. The Hall–Kier alpha value is -2.44. The van der Waals surface area contributed by atoms with Crippen molar-refractivity contribution in [3.63, 3.8) is 0 Å². The number of rotatable bonds is 3. The Morgan fingerprint density at radius 3 is 2.30 bits per heavy atom. The van der Waals surface area contributed by atoms with Crippen molar-refractivity contribution in [1.82, 2.24) is 14.0 Å². The highest BCUT2D eigenvalue weighted by Gasteiger charge is 2.33. The molecule has 142 valence electrons. The van der Waals surface area contributed by atoms with Crippen molar-refractivity contribution >= 4 is 11.0 Å². The lowest BCUT2D eigenvalue weighted by atomic mass is 9.84. The zero-order chi connectivity index (χ0) is 19.2. The number of hydrogen-bond acceptors (Lipinski definition) is 3. The van der Waals surface area contributed by atoms with Crippen molar-refractivity contribution in [1.29, 1.82) is 0 Å². The highest BCUT2D eigenvalue weighted by molar-refractivity contribution is 5.76. The van der Waals surface area contributed by atoms with E-state index in [9.17, 15) is 14.3 Å². The number of halogens is 1. The first kappa shape index (κ1) is 17.9. The number of likely N-dealkylation sites (tertiary alicyclic amines) is 1. The molecule has 0 aliphatic carbocycles. The maximum absolute atomic E-state index is 13.1. The van der Waals surface area contributed by atoms with Crippen LogP contribution in [0.3, 0.4) is 0 Å². The molecule has 2 heterocycles. The molecule has 2 aromatic carbocycles. The number of aryl methyl sites for hydroxylation is 2. The van der Waals surface area contributed by atoms with E-state index < -0.39 is 5.60 Å². The van der Waals surface area contributed by atoms with E-state index in [-0.39, 0.29) is 11.5 Å². The molecule has 0 saturated carbocycles. The zero-order valence-corrected chi connectivity index (χ0v) is 15.7. The molecule has 0 radical (unpaired) electrons. The highest BCUT2D eigenvalue weighted by Crippen LogP contribution is 2.33. The predicted octanol–water partition coefficient (Wildman–Crippen LogP) is 2.50. The van der Waals surface area contributed by atoms with Crippen molar-refractivity contribution in [3.05, 3.63) is 69.9 Å². The van der Waals surface area contributed by atoms with E-state index in [2.05, 4.69) is 17.0 Å². The Bertz CT molecular complexity index is 1030. The van der Waals surface area contributed by atoms with Crippen LogP contribution in [0.5, 0.6) is 0 Å². The Morgan fingerprint density at radius 1 is 1.00 bits per heavy atom. The monoisotopic (exact) mass is 369 g/mol. The molecule has 1 aromatic heterocycles. The predicted molar refractivity (Wildman–Crippen MR) is 103 cm³/mol. The van der Waals surface area contributed by atoms with Crippen LogP contribution >= 0.6 is 0 Å². The third-order valence-electron chi connectivity index (χ3n) is 5.81. The largest absolute Gasteiger partial charge is 0.385 e. The number of fused-ring (bicyclic) bond motifs is 1. The lowest BCUT2D eigenvalue weighted by Gasteiger charge is -2.38. The molecule has 1 N–H and O–H groups in total. The molecule has 1 aliphatic heterocycles. The van der Waals surface area contributed by atoms with E-state index in [4.69, 9.17) is 0 Å². The number of nitrogens with zero attached hydrogens (tertiary/aromatic N) is 3. The van der Waals surface area contributed by atoms with Crippen molar-refractivity contribution in [2.24, 2.45) is 14.1 Å². The lowest BCUT2D eigenvalue weighted by Crippen LogP contribution is -2.42. The molecule has 27 heavy (non-hydrogen) atoms. The second kappa shape index (κ2) is 6.62. The average Bonchev–Trinajstić information content (AvgIpc) is 2.88. The normalized spacial score (nSPS) is 17.5. The van der Waals surface area contributed by atoms with Crippen LogP contribution in [0.2, 0.25) is 0 Å². The summed E-state index contributed by atoms with van der Waals surface area (Å²) in [5, 5.41) is 10.9. The van der Waals surface area contributed by atoms with Gasteiger partial charge in [-0.2, -0.15) is 0 Å². The minimum atomic E-state index is -0.891. The van der Waals surface area contributed by atoms with Gasteiger partial charge in [0.1, 0.15) is 5.82 Å². The first-order chi connectivity index (χ1) is 12.9. The summed E-state index contributed by atoms with van der Waals surface area (Å²) in [7, 11) is 3.57. The Morgan fingerprint density at radius 2 is 1.63 bits per heavy atom. The smallest absolute Gasteiger partial charge is 0.328 e. The fraction of sp³-hybridized carbons (Fsp3) is 0.381. The van der Waals surface area contributed by atoms with Crippen LogP contribution in [0.25, 0.3) is 11.0 Å². The SMILES string of the molecule is Cn1c(=O)n(C)c2cc(CN3CCC(O)(c4ccc(F)cc4)CC3)ccc21. The zero-order valence-electron chi connectivity index (χ0n) is 15.7. The van der Waals surface area contributed by atoms with Gasteiger partial charge in [0.05, 0.1) is 16.6 Å². The summed E-state index contributed by atoms with van der Waals surface area (Å²) in [5.74, 6) is -0.287. The molecule has 3 aromatic rings. The van der Waals surface area contributed by atoms with Gasteiger partial charge in [0, 0.05) is 33.7 Å². The standard InChI is InChI=1S/C21H24FN3O2/c1-23-18-8-3-15(13-19(18)24(2)20(23)26)14-25-11-9-21(27,10-12-25)16-4-6-17(22)7-5-16/h3-8,13,27H,9-12,14H2,1-2H3. The highest BCUT2D eigenvalue weighted by atomic mass is 19.1. The molecule has 1 saturated heterocycles. The van der Waals surface area contributed by atoms with E-state index in [1.807, 2.05) is 6.07 Å². The Labute approximate surface area is 157 Å². The van der Waals surface area contributed by atoms with Crippen LogP contribution in [-0.4, -0.2) is 32.2 Å². The molecular formula is C21H24FN3O2. The van der Waals surface area contributed by atoms with E-state index in [1.54, 1.807) is 35.4 Å². The third kappa shape index (κ3) is 3.19. The molecular weight excluding hydrogens is 345 g/mol. The van der Waals surface area contributed by atoms with Gasteiger partial charge in [-0.15, -0.1) is 0 Å². The minimum Gasteiger partial charge on any atom is -0.385 e. The van der Waals surface area contributed by atoms with Crippen LogP contribution in [0.4, 0.5) is 4.39 Å².